The van der Waals surface area contributed by atoms with Gasteiger partial charge in [-0.05, 0) is 26.3 Å². The molecule has 0 aliphatic rings. The lowest BCUT2D eigenvalue weighted by atomic mass is 9.86. The molecule has 0 aromatic heterocycles. The highest BCUT2D eigenvalue weighted by molar-refractivity contribution is 5.03. The molecule has 0 radical (unpaired) electrons. The van der Waals surface area contributed by atoms with Gasteiger partial charge >= 0.3 is 0 Å². The van der Waals surface area contributed by atoms with E-state index in [9.17, 15) is 0 Å². The molecule has 82 valence electrons. The molecule has 0 saturated carbocycles. The summed E-state index contributed by atoms with van der Waals surface area (Å²) in [5, 5.41) is 8.83. The van der Waals surface area contributed by atoms with Crippen LogP contribution in [0.4, 0.5) is 0 Å². The lowest BCUT2D eigenvalue weighted by Gasteiger charge is -2.37. The molecule has 0 aliphatic heterocycles. The normalized spacial score (nSPS) is 18.8. The molecule has 3 heteroatoms. The SMILES string of the molecule is CC(N(C)CC(C)(N)C#N)C(C)(C)C. The molecule has 0 aromatic carbocycles. The lowest BCUT2D eigenvalue weighted by molar-refractivity contribution is 0.127. The summed E-state index contributed by atoms with van der Waals surface area (Å²) in [6.45, 7) is 11.1. The minimum atomic E-state index is -0.756. The highest BCUT2D eigenvalue weighted by Gasteiger charge is 2.28. The molecule has 0 bridgehead atoms. The largest absolute Gasteiger partial charge is 0.313 e. The Kier molecular flexibility index (Phi) is 4.11. The van der Waals surface area contributed by atoms with Crippen LogP contribution in [0.5, 0.6) is 0 Å². The van der Waals surface area contributed by atoms with Crippen LogP contribution in [0, 0.1) is 16.7 Å². The fourth-order valence-electron chi connectivity index (χ4n) is 1.35. The van der Waals surface area contributed by atoms with Crippen molar-refractivity contribution in [2.45, 2.75) is 46.2 Å². The maximum absolute atomic E-state index is 8.83. The maximum atomic E-state index is 8.83. The summed E-state index contributed by atoms with van der Waals surface area (Å²) in [5.74, 6) is 0. The number of hydrogen-bond acceptors (Lipinski definition) is 3. The quantitative estimate of drug-likeness (QED) is 0.747. The van der Waals surface area contributed by atoms with Gasteiger partial charge in [0.15, 0.2) is 0 Å². The fraction of sp³-hybridized carbons (Fsp3) is 0.909. The van der Waals surface area contributed by atoms with Gasteiger partial charge < -0.3 is 10.6 Å². The zero-order valence-corrected chi connectivity index (χ0v) is 10.3. The minimum Gasteiger partial charge on any atom is -0.313 e. The molecule has 0 amide bonds. The Bertz CT molecular complexity index is 220. The Morgan fingerprint density at radius 2 is 1.79 bits per heavy atom. The van der Waals surface area contributed by atoms with Crippen LogP contribution >= 0.6 is 0 Å². The molecule has 3 nitrogen and oxygen atoms in total. The van der Waals surface area contributed by atoms with Gasteiger partial charge in [0.05, 0.1) is 6.07 Å². The van der Waals surface area contributed by atoms with Crippen LogP contribution in [-0.2, 0) is 0 Å². The van der Waals surface area contributed by atoms with Crippen molar-refractivity contribution in [3.05, 3.63) is 0 Å². The Morgan fingerprint density at radius 1 is 1.36 bits per heavy atom. The number of nitriles is 1. The standard InChI is InChI=1S/C11H23N3/c1-9(10(2,3)4)14(6)8-11(5,13)7-12/h9H,8,13H2,1-6H3. The number of nitrogens with zero attached hydrogens (tertiary/aromatic N) is 2. The third-order valence-electron chi connectivity index (χ3n) is 2.75. The Hall–Kier alpha value is -0.590. The van der Waals surface area contributed by atoms with Crippen LogP contribution in [0.2, 0.25) is 0 Å². The van der Waals surface area contributed by atoms with Crippen LogP contribution < -0.4 is 5.73 Å². The second kappa shape index (κ2) is 4.29. The Balaban J connectivity index is 4.38. The van der Waals surface area contributed by atoms with Gasteiger partial charge in [-0.15, -0.1) is 0 Å². The van der Waals surface area contributed by atoms with E-state index in [2.05, 4.69) is 38.7 Å². The monoisotopic (exact) mass is 197 g/mol. The predicted octanol–water partition coefficient (Wildman–Crippen LogP) is 1.59. The first-order valence-electron chi connectivity index (χ1n) is 5.00. The van der Waals surface area contributed by atoms with Gasteiger partial charge in [-0.25, -0.2) is 0 Å². The van der Waals surface area contributed by atoms with Crippen LogP contribution in [0.1, 0.15) is 34.6 Å². The zero-order valence-electron chi connectivity index (χ0n) is 10.3. The third-order valence-corrected chi connectivity index (χ3v) is 2.75. The van der Waals surface area contributed by atoms with Crippen molar-refractivity contribution in [3.8, 4) is 6.07 Å². The summed E-state index contributed by atoms with van der Waals surface area (Å²) >= 11 is 0. The second-order valence-electron chi connectivity index (χ2n) is 5.49. The topological polar surface area (TPSA) is 53.0 Å². The third kappa shape index (κ3) is 4.08. The van der Waals surface area contributed by atoms with Crippen molar-refractivity contribution < 1.29 is 0 Å². The number of hydrogen-bond donors (Lipinski definition) is 1. The van der Waals surface area contributed by atoms with E-state index >= 15 is 0 Å². The van der Waals surface area contributed by atoms with E-state index in [-0.39, 0.29) is 5.41 Å². The van der Waals surface area contributed by atoms with Gasteiger partial charge in [-0.1, -0.05) is 20.8 Å². The molecule has 0 rings (SSSR count). The molecular weight excluding hydrogens is 174 g/mol. The van der Waals surface area contributed by atoms with Crippen molar-refractivity contribution in [1.82, 2.24) is 4.90 Å². The molecule has 14 heavy (non-hydrogen) atoms. The van der Waals surface area contributed by atoms with Crippen molar-refractivity contribution in [2.75, 3.05) is 13.6 Å². The van der Waals surface area contributed by atoms with Gasteiger partial charge in [0.2, 0.25) is 0 Å². The van der Waals surface area contributed by atoms with Crippen LogP contribution in [0.15, 0.2) is 0 Å². The van der Waals surface area contributed by atoms with Crippen molar-refractivity contribution >= 4 is 0 Å². The molecule has 0 aliphatic carbocycles. The molecule has 2 atom stereocenters. The van der Waals surface area contributed by atoms with Crippen LogP contribution in [0.25, 0.3) is 0 Å². The molecule has 0 fully saturated rings. The molecule has 0 saturated heterocycles. The second-order valence-corrected chi connectivity index (χ2v) is 5.49. The summed E-state index contributed by atoms with van der Waals surface area (Å²) < 4.78 is 0. The van der Waals surface area contributed by atoms with Gasteiger partial charge in [0.1, 0.15) is 5.54 Å². The average molecular weight is 197 g/mol. The minimum absolute atomic E-state index is 0.209. The Morgan fingerprint density at radius 3 is 2.07 bits per heavy atom. The maximum Gasteiger partial charge on any atom is 0.114 e. The van der Waals surface area contributed by atoms with E-state index in [0.29, 0.717) is 12.6 Å². The summed E-state index contributed by atoms with van der Waals surface area (Å²) in [6, 6.07) is 2.52. The first-order valence-corrected chi connectivity index (χ1v) is 5.00. The summed E-state index contributed by atoms with van der Waals surface area (Å²) in [5.41, 5.74) is 5.25. The molecule has 2 unspecified atom stereocenters. The number of rotatable bonds is 3. The van der Waals surface area contributed by atoms with E-state index in [1.165, 1.54) is 0 Å². The summed E-state index contributed by atoms with van der Waals surface area (Å²) in [7, 11) is 2.01. The predicted molar refractivity (Wildman–Crippen MR) is 59.8 cm³/mol. The van der Waals surface area contributed by atoms with Crippen molar-refractivity contribution in [3.63, 3.8) is 0 Å². The average Bonchev–Trinajstić information content (AvgIpc) is 2.00. The van der Waals surface area contributed by atoms with Gasteiger partial charge in [-0.3, -0.25) is 0 Å². The lowest BCUT2D eigenvalue weighted by Crippen LogP contribution is -2.50. The van der Waals surface area contributed by atoms with E-state index in [1.807, 2.05) is 7.05 Å². The van der Waals surface area contributed by atoms with Crippen LogP contribution in [0.3, 0.4) is 0 Å². The first-order chi connectivity index (χ1) is 6.10. The van der Waals surface area contributed by atoms with E-state index in [1.54, 1.807) is 6.92 Å². The number of likely N-dealkylation sites (N-methyl/N-ethyl adjacent to an activating group) is 1. The molecule has 0 spiro atoms. The van der Waals surface area contributed by atoms with Gasteiger partial charge in [-0.2, -0.15) is 5.26 Å². The van der Waals surface area contributed by atoms with Crippen molar-refractivity contribution in [1.29, 1.82) is 5.26 Å². The molecule has 0 aromatic rings. The van der Waals surface area contributed by atoms with Gasteiger partial charge in [0.25, 0.3) is 0 Å². The molecular formula is C11H23N3. The van der Waals surface area contributed by atoms with E-state index in [0.717, 1.165) is 0 Å². The van der Waals surface area contributed by atoms with Crippen LogP contribution in [-0.4, -0.2) is 30.1 Å². The highest BCUT2D eigenvalue weighted by Crippen LogP contribution is 2.23. The van der Waals surface area contributed by atoms with Gasteiger partial charge in [0, 0.05) is 12.6 Å². The van der Waals surface area contributed by atoms with Crippen molar-refractivity contribution in [2.24, 2.45) is 11.1 Å². The first kappa shape index (κ1) is 13.4. The van der Waals surface area contributed by atoms with E-state index < -0.39 is 5.54 Å². The zero-order chi connectivity index (χ0) is 11.6. The number of nitrogens with two attached hydrogens (primary N) is 1. The fourth-order valence-corrected chi connectivity index (χ4v) is 1.35. The molecule has 2 N–H and O–H groups in total. The summed E-state index contributed by atoms with van der Waals surface area (Å²) in [4.78, 5) is 2.14. The van der Waals surface area contributed by atoms with E-state index in [4.69, 9.17) is 11.0 Å². The summed E-state index contributed by atoms with van der Waals surface area (Å²) in [6.07, 6.45) is 0. The Labute approximate surface area is 87.9 Å². The smallest absolute Gasteiger partial charge is 0.114 e. The highest BCUT2D eigenvalue weighted by atomic mass is 15.2. The molecule has 0 heterocycles.